The lowest BCUT2D eigenvalue weighted by Crippen LogP contribution is -2.14. The van der Waals surface area contributed by atoms with E-state index in [1.165, 1.54) is 36.7 Å². The summed E-state index contributed by atoms with van der Waals surface area (Å²) in [7, 11) is -2.22. The molecule has 0 radical (unpaired) electrons. The second kappa shape index (κ2) is 8.35. The molecule has 0 bridgehead atoms. The molecule has 1 heterocycles. The molecule has 0 saturated carbocycles. The Bertz CT molecular complexity index is 1060. The maximum Gasteiger partial charge on any atom is 0.264 e. The van der Waals surface area contributed by atoms with Crippen LogP contribution in [0.3, 0.4) is 0 Å². The van der Waals surface area contributed by atoms with Crippen molar-refractivity contribution in [2.45, 2.75) is 4.90 Å². The van der Waals surface area contributed by atoms with Crippen LogP contribution in [-0.4, -0.2) is 36.6 Å². The van der Waals surface area contributed by atoms with E-state index in [-0.39, 0.29) is 16.8 Å². The molecule has 10 heteroatoms. The Balaban J connectivity index is 1.61. The highest BCUT2D eigenvalue weighted by atomic mass is 32.2. The van der Waals surface area contributed by atoms with E-state index in [4.69, 9.17) is 4.74 Å². The monoisotopic (exact) mass is 399 g/mol. The number of carbonyl (C=O) groups is 1. The van der Waals surface area contributed by atoms with Gasteiger partial charge in [0.2, 0.25) is 11.9 Å². The second-order valence-corrected chi connectivity index (χ2v) is 7.25. The van der Waals surface area contributed by atoms with Gasteiger partial charge in [0.05, 0.1) is 12.0 Å². The van der Waals surface area contributed by atoms with Gasteiger partial charge >= 0.3 is 0 Å². The molecule has 0 saturated heterocycles. The van der Waals surface area contributed by atoms with E-state index >= 15 is 0 Å². The van der Waals surface area contributed by atoms with Crippen molar-refractivity contribution in [3.8, 4) is 5.75 Å². The summed E-state index contributed by atoms with van der Waals surface area (Å²) < 4.78 is 31.8. The highest BCUT2D eigenvalue weighted by molar-refractivity contribution is 7.92. The molecule has 3 N–H and O–H groups in total. The first-order chi connectivity index (χ1) is 13.5. The number of hydrogen-bond acceptors (Lipinski definition) is 6. The van der Waals surface area contributed by atoms with Gasteiger partial charge in [-0.3, -0.25) is 4.79 Å². The molecule has 0 aliphatic rings. The van der Waals surface area contributed by atoms with Crippen LogP contribution in [0.2, 0.25) is 0 Å². The molecule has 1 amide bonds. The molecule has 0 fully saturated rings. The number of benzene rings is 2. The number of nitrogens with zero attached hydrogens (tertiary/aromatic N) is 2. The summed E-state index contributed by atoms with van der Waals surface area (Å²) >= 11 is 0. The number of H-pyrrole nitrogens is 1. The Hall–Kier alpha value is -3.66. The number of aromatic nitrogens is 3. The van der Waals surface area contributed by atoms with E-state index < -0.39 is 10.0 Å². The number of amides is 1. The lowest BCUT2D eigenvalue weighted by atomic mass is 10.2. The summed E-state index contributed by atoms with van der Waals surface area (Å²) in [5, 5.41) is 9.74. The van der Waals surface area contributed by atoms with Crippen molar-refractivity contribution in [3.63, 3.8) is 0 Å². The topological polar surface area (TPSA) is 126 Å². The summed E-state index contributed by atoms with van der Waals surface area (Å²) in [5.74, 6) is 0.404. The number of ether oxygens (including phenoxy) is 1. The number of rotatable bonds is 7. The zero-order valence-corrected chi connectivity index (χ0v) is 15.6. The fourth-order valence-electron chi connectivity index (χ4n) is 2.23. The molecule has 3 aromatic rings. The van der Waals surface area contributed by atoms with Crippen LogP contribution in [0.5, 0.6) is 5.75 Å². The molecular formula is C18H17N5O4S. The fourth-order valence-corrected chi connectivity index (χ4v) is 3.20. The van der Waals surface area contributed by atoms with Crippen LogP contribution < -0.4 is 14.8 Å². The van der Waals surface area contributed by atoms with Crippen molar-refractivity contribution in [2.75, 3.05) is 17.1 Å². The number of methoxy groups -OCH3 is 1. The van der Waals surface area contributed by atoms with Gasteiger partial charge in [0.25, 0.3) is 10.0 Å². The molecule has 0 aliphatic carbocycles. The molecule has 0 spiro atoms. The average molecular weight is 399 g/mol. The maximum absolute atomic E-state index is 12.2. The van der Waals surface area contributed by atoms with Crippen LogP contribution >= 0.6 is 0 Å². The van der Waals surface area contributed by atoms with Gasteiger partial charge in [-0.25, -0.2) is 13.1 Å². The third-order valence-corrected chi connectivity index (χ3v) is 4.98. The second-order valence-electron chi connectivity index (χ2n) is 5.56. The summed E-state index contributed by atoms with van der Waals surface area (Å²) in [6, 6.07) is 13.0. The van der Waals surface area contributed by atoms with Crippen molar-refractivity contribution < 1.29 is 17.9 Å². The first-order valence-corrected chi connectivity index (χ1v) is 9.57. The van der Waals surface area contributed by atoms with Crippen LogP contribution in [0.1, 0.15) is 5.56 Å². The number of aromatic amines is 1. The van der Waals surface area contributed by atoms with Crippen molar-refractivity contribution in [1.29, 1.82) is 0 Å². The lowest BCUT2D eigenvalue weighted by Gasteiger charge is -2.06. The van der Waals surface area contributed by atoms with Crippen LogP contribution in [0.25, 0.3) is 6.08 Å². The van der Waals surface area contributed by atoms with Crippen molar-refractivity contribution in [3.05, 3.63) is 66.5 Å². The first kappa shape index (κ1) is 19.1. The number of hydrogen-bond donors (Lipinski definition) is 3. The highest BCUT2D eigenvalue weighted by Gasteiger charge is 2.15. The number of carbonyl (C=O) groups excluding carboxylic acids is 1. The van der Waals surface area contributed by atoms with Gasteiger partial charge in [0.1, 0.15) is 12.1 Å². The third-order valence-electron chi connectivity index (χ3n) is 3.62. The van der Waals surface area contributed by atoms with E-state index in [1.54, 1.807) is 25.3 Å². The minimum atomic E-state index is -3.80. The maximum atomic E-state index is 12.2. The Morgan fingerprint density at radius 1 is 1.11 bits per heavy atom. The van der Waals surface area contributed by atoms with Gasteiger partial charge in [-0.1, -0.05) is 12.1 Å². The van der Waals surface area contributed by atoms with E-state index in [1.807, 2.05) is 12.1 Å². The van der Waals surface area contributed by atoms with Crippen LogP contribution in [-0.2, 0) is 14.8 Å². The van der Waals surface area contributed by atoms with Gasteiger partial charge in [-0.2, -0.15) is 0 Å². The summed E-state index contributed by atoms with van der Waals surface area (Å²) in [6.07, 6.45) is 4.31. The predicted octanol–water partition coefficient (Wildman–Crippen LogP) is 2.27. The zero-order chi connectivity index (χ0) is 20.0. The number of anilines is 2. The molecule has 2 aromatic carbocycles. The van der Waals surface area contributed by atoms with E-state index in [0.29, 0.717) is 5.69 Å². The molecule has 3 rings (SSSR count). The largest absolute Gasteiger partial charge is 0.497 e. The zero-order valence-electron chi connectivity index (χ0n) is 14.8. The van der Waals surface area contributed by atoms with Gasteiger partial charge in [0.15, 0.2) is 0 Å². The van der Waals surface area contributed by atoms with Gasteiger partial charge in [0, 0.05) is 11.8 Å². The average Bonchev–Trinajstić information content (AvgIpc) is 3.19. The minimum Gasteiger partial charge on any atom is -0.497 e. The molecular weight excluding hydrogens is 382 g/mol. The Morgan fingerprint density at radius 3 is 2.43 bits per heavy atom. The van der Waals surface area contributed by atoms with Crippen molar-refractivity contribution in [1.82, 2.24) is 15.2 Å². The minimum absolute atomic E-state index is 0.0149. The highest BCUT2D eigenvalue weighted by Crippen LogP contribution is 2.17. The fraction of sp³-hybridized carbons (Fsp3) is 0.0556. The van der Waals surface area contributed by atoms with Gasteiger partial charge < -0.3 is 15.0 Å². The van der Waals surface area contributed by atoms with E-state index in [2.05, 4.69) is 25.2 Å². The van der Waals surface area contributed by atoms with E-state index in [9.17, 15) is 13.2 Å². The first-order valence-electron chi connectivity index (χ1n) is 8.08. The number of nitrogens with one attached hydrogen (secondary N) is 3. The quantitative estimate of drug-likeness (QED) is 0.523. The van der Waals surface area contributed by atoms with E-state index in [0.717, 1.165) is 11.3 Å². The molecule has 144 valence electrons. The molecule has 0 atom stereocenters. The third kappa shape index (κ3) is 4.95. The molecule has 0 unspecified atom stereocenters. The van der Waals surface area contributed by atoms with Crippen LogP contribution in [0.15, 0.2) is 65.8 Å². The number of sulfonamides is 1. The molecule has 9 nitrogen and oxygen atoms in total. The van der Waals surface area contributed by atoms with Crippen LogP contribution in [0, 0.1) is 0 Å². The Labute approximate surface area is 161 Å². The normalized spacial score (nSPS) is 11.3. The van der Waals surface area contributed by atoms with Crippen LogP contribution in [0.4, 0.5) is 11.6 Å². The predicted molar refractivity (Wildman–Crippen MR) is 104 cm³/mol. The smallest absolute Gasteiger partial charge is 0.264 e. The van der Waals surface area contributed by atoms with Gasteiger partial charge in [-0.15, -0.1) is 10.2 Å². The molecule has 28 heavy (non-hydrogen) atoms. The summed E-state index contributed by atoms with van der Waals surface area (Å²) in [5.41, 5.74) is 1.30. The Kier molecular flexibility index (Phi) is 5.70. The summed E-state index contributed by atoms with van der Waals surface area (Å²) in [4.78, 5) is 14.6. The molecule has 0 aliphatic heterocycles. The van der Waals surface area contributed by atoms with Crippen molar-refractivity contribution >= 4 is 33.6 Å². The summed E-state index contributed by atoms with van der Waals surface area (Å²) in [6.45, 7) is 0. The SMILES string of the molecule is COc1ccc(/C=C/C(=O)Nc2ccc(S(=O)(=O)Nc3nnc[nH]3)cc2)cc1. The standard InChI is InChI=1S/C18H17N5O4S/c1-27-15-7-2-13(3-8-15)4-11-17(24)21-14-5-9-16(10-6-14)28(25,26)23-18-19-12-20-22-18/h2-12H,1H3,(H,21,24)(H2,19,20,22,23)/b11-4+. The molecule has 1 aromatic heterocycles. The van der Waals surface area contributed by atoms with Gasteiger partial charge in [-0.05, 0) is 48.0 Å². The van der Waals surface area contributed by atoms with Crippen molar-refractivity contribution in [2.24, 2.45) is 0 Å². The lowest BCUT2D eigenvalue weighted by molar-refractivity contribution is -0.111. The Morgan fingerprint density at radius 2 is 1.82 bits per heavy atom.